The monoisotopic (exact) mass is 383 g/mol. The Kier molecular flexibility index (Phi) is 5.71. The molecule has 25 heavy (non-hydrogen) atoms. The van der Waals surface area contributed by atoms with Gasteiger partial charge in [0.25, 0.3) is 5.56 Å². The van der Waals surface area contributed by atoms with Gasteiger partial charge >= 0.3 is 5.97 Å². The molecule has 3 rings (SSSR count). The van der Waals surface area contributed by atoms with E-state index in [2.05, 4.69) is 4.98 Å². The molecule has 3 heterocycles. The SMILES string of the molecule is O=C(O)CC1COCCN1C(=O)CSCc1cc(=O)n2ccsc2n1. The summed E-state index contributed by atoms with van der Waals surface area (Å²) < 4.78 is 6.75. The summed E-state index contributed by atoms with van der Waals surface area (Å²) in [5.41, 5.74) is 0.497. The van der Waals surface area contributed by atoms with Crippen LogP contribution in [-0.4, -0.2) is 62.8 Å². The predicted molar refractivity (Wildman–Crippen MR) is 94.1 cm³/mol. The lowest BCUT2D eigenvalue weighted by molar-refractivity contribution is -0.144. The number of aliphatic carboxylic acids is 1. The van der Waals surface area contributed by atoms with Gasteiger partial charge in [0.1, 0.15) is 0 Å². The maximum absolute atomic E-state index is 12.4. The average molecular weight is 383 g/mol. The van der Waals surface area contributed by atoms with Gasteiger partial charge in [0.05, 0.1) is 37.1 Å². The molecule has 0 radical (unpaired) electrons. The molecule has 1 saturated heterocycles. The minimum Gasteiger partial charge on any atom is -0.481 e. The smallest absolute Gasteiger partial charge is 0.305 e. The van der Waals surface area contributed by atoms with Crippen LogP contribution in [0, 0.1) is 0 Å². The Hall–Kier alpha value is -1.91. The van der Waals surface area contributed by atoms with Gasteiger partial charge in [0, 0.05) is 29.9 Å². The number of hydrogen-bond donors (Lipinski definition) is 1. The van der Waals surface area contributed by atoms with E-state index in [1.807, 2.05) is 0 Å². The van der Waals surface area contributed by atoms with Crippen molar-refractivity contribution in [3.63, 3.8) is 0 Å². The highest BCUT2D eigenvalue weighted by molar-refractivity contribution is 7.99. The minimum atomic E-state index is -0.949. The van der Waals surface area contributed by atoms with Crippen LogP contribution in [0.25, 0.3) is 4.96 Å². The molecular formula is C15H17N3O5S2. The fraction of sp³-hybridized carbons (Fsp3) is 0.467. The highest BCUT2D eigenvalue weighted by Crippen LogP contribution is 2.16. The first-order valence-corrected chi connectivity index (χ1v) is 9.70. The van der Waals surface area contributed by atoms with Gasteiger partial charge in [-0.2, -0.15) is 0 Å². The zero-order valence-corrected chi connectivity index (χ0v) is 14.9. The maximum Gasteiger partial charge on any atom is 0.305 e. The first kappa shape index (κ1) is 17.9. The summed E-state index contributed by atoms with van der Waals surface area (Å²) in [6.07, 6.45) is 1.56. The van der Waals surface area contributed by atoms with E-state index in [1.165, 1.54) is 33.6 Å². The van der Waals surface area contributed by atoms with Crippen LogP contribution in [0.3, 0.4) is 0 Å². The van der Waals surface area contributed by atoms with Gasteiger partial charge in [-0.15, -0.1) is 23.1 Å². The molecule has 1 atom stereocenters. The number of hydrogen-bond acceptors (Lipinski definition) is 7. The van der Waals surface area contributed by atoms with Crippen molar-refractivity contribution in [2.45, 2.75) is 18.2 Å². The first-order valence-electron chi connectivity index (χ1n) is 7.67. The molecule has 1 aliphatic heterocycles. The molecule has 8 nitrogen and oxygen atoms in total. The van der Waals surface area contributed by atoms with Crippen molar-refractivity contribution in [2.75, 3.05) is 25.5 Å². The number of thioether (sulfide) groups is 1. The van der Waals surface area contributed by atoms with E-state index in [-0.39, 0.29) is 30.2 Å². The average Bonchev–Trinajstić information content (AvgIpc) is 3.04. The fourth-order valence-corrected chi connectivity index (χ4v) is 4.18. The quantitative estimate of drug-likeness (QED) is 0.783. The number of amides is 1. The molecular weight excluding hydrogens is 366 g/mol. The van der Waals surface area contributed by atoms with Gasteiger partial charge in [0.2, 0.25) is 5.91 Å². The maximum atomic E-state index is 12.4. The number of aromatic nitrogens is 2. The van der Waals surface area contributed by atoms with Gasteiger partial charge in [0.15, 0.2) is 4.96 Å². The van der Waals surface area contributed by atoms with Crippen molar-refractivity contribution in [2.24, 2.45) is 0 Å². The summed E-state index contributed by atoms with van der Waals surface area (Å²) in [5, 5.41) is 10.7. The summed E-state index contributed by atoms with van der Waals surface area (Å²) in [4.78, 5) is 41.8. The van der Waals surface area contributed by atoms with Crippen LogP contribution in [0.2, 0.25) is 0 Å². The summed E-state index contributed by atoms with van der Waals surface area (Å²) in [6, 6.07) is 1.05. The van der Waals surface area contributed by atoms with E-state index in [0.29, 0.717) is 29.6 Å². The van der Waals surface area contributed by atoms with Gasteiger partial charge < -0.3 is 14.7 Å². The Morgan fingerprint density at radius 1 is 1.48 bits per heavy atom. The molecule has 2 aromatic heterocycles. The van der Waals surface area contributed by atoms with Gasteiger partial charge in [-0.3, -0.25) is 18.8 Å². The van der Waals surface area contributed by atoms with Crippen molar-refractivity contribution in [1.82, 2.24) is 14.3 Å². The molecule has 1 N–H and O–H groups in total. The largest absolute Gasteiger partial charge is 0.481 e. The van der Waals surface area contributed by atoms with E-state index in [1.54, 1.807) is 16.5 Å². The Bertz CT molecular complexity index is 834. The number of rotatable bonds is 6. The van der Waals surface area contributed by atoms with Crippen LogP contribution in [0.1, 0.15) is 12.1 Å². The van der Waals surface area contributed by atoms with Crippen LogP contribution >= 0.6 is 23.1 Å². The fourth-order valence-electron chi connectivity index (χ4n) is 2.64. The second kappa shape index (κ2) is 7.98. The zero-order chi connectivity index (χ0) is 17.8. The molecule has 1 aliphatic rings. The van der Waals surface area contributed by atoms with E-state index >= 15 is 0 Å². The molecule has 0 bridgehead atoms. The molecule has 134 valence electrons. The van der Waals surface area contributed by atoms with Gasteiger partial charge in [-0.25, -0.2) is 4.98 Å². The summed E-state index contributed by atoms with van der Waals surface area (Å²) >= 11 is 2.75. The predicted octanol–water partition coefficient (Wildman–Crippen LogP) is 0.691. The molecule has 1 unspecified atom stereocenters. The molecule has 0 aliphatic carbocycles. The summed E-state index contributed by atoms with van der Waals surface area (Å²) in [5.74, 6) is -0.409. The Morgan fingerprint density at radius 2 is 2.32 bits per heavy atom. The molecule has 0 spiro atoms. The lowest BCUT2D eigenvalue weighted by Crippen LogP contribution is -2.50. The Morgan fingerprint density at radius 3 is 3.12 bits per heavy atom. The lowest BCUT2D eigenvalue weighted by atomic mass is 10.1. The van der Waals surface area contributed by atoms with Crippen molar-refractivity contribution in [3.05, 3.63) is 33.7 Å². The first-order chi connectivity index (χ1) is 12.0. The number of carboxylic acid groups (broad SMARTS) is 1. The second-order valence-electron chi connectivity index (χ2n) is 5.55. The Labute approximate surface area is 151 Å². The molecule has 0 saturated carbocycles. The van der Waals surface area contributed by atoms with Gasteiger partial charge in [-0.1, -0.05) is 0 Å². The number of nitrogens with zero attached hydrogens (tertiary/aromatic N) is 3. The number of carboxylic acids is 1. The number of thiazole rings is 1. The lowest BCUT2D eigenvalue weighted by Gasteiger charge is -2.34. The van der Waals surface area contributed by atoms with Crippen LogP contribution in [0.5, 0.6) is 0 Å². The standard InChI is InChI=1S/C15H17N3O5S2/c19-12-5-10(16-15-18(12)2-4-25-15)8-24-9-13(20)17-1-3-23-7-11(17)6-14(21)22/h2,4-5,11H,1,3,6-9H2,(H,21,22). The highest BCUT2D eigenvalue weighted by Gasteiger charge is 2.28. The van der Waals surface area contributed by atoms with E-state index in [9.17, 15) is 14.4 Å². The van der Waals surface area contributed by atoms with Crippen LogP contribution in [0.4, 0.5) is 0 Å². The minimum absolute atomic E-state index is 0.117. The second-order valence-corrected chi connectivity index (χ2v) is 7.41. The molecule has 2 aromatic rings. The van der Waals surface area contributed by atoms with Gasteiger partial charge in [-0.05, 0) is 0 Å². The van der Waals surface area contributed by atoms with E-state index in [0.717, 1.165) is 0 Å². The molecule has 0 aromatic carbocycles. The van der Waals surface area contributed by atoms with E-state index in [4.69, 9.17) is 9.84 Å². The summed E-state index contributed by atoms with van der Waals surface area (Å²) in [7, 11) is 0. The Balaban J connectivity index is 1.57. The number of morpholine rings is 1. The topological polar surface area (TPSA) is 101 Å². The van der Waals surface area contributed by atoms with E-state index < -0.39 is 12.0 Å². The number of carbonyl (C=O) groups is 2. The zero-order valence-electron chi connectivity index (χ0n) is 13.3. The summed E-state index contributed by atoms with van der Waals surface area (Å²) in [6.45, 7) is 1.06. The van der Waals surface area contributed by atoms with Crippen molar-refractivity contribution >= 4 is 39.9 Å². The van der Waals surface area contributed by atoms with Crippen LogP contribution in [-0.2, 0) is 20.1 Å². The number of ether oxygens (including phenoxy) is 1. The third kappa shape index (κ3) is 4.39. The normalized spacial score (nSPS) is 17.8. The van der Waals surface area contributed by atoms with Crippen LogP contribution in [0.15, 0.2) is 22.4 Å². The number of carbonyl (C=O) groups excluding carboxylic acids is 1. The third-order valence-electron chi connectivity index (χ3n) is 3.79. The van der Waals surface area contributed by atoms with Crippen molar-refractivity contribution in [1.29, 1.82) is 0 Å². The third-order valence-corrected chi connectivity index (χ3v) is 5.50. The number of fused-ring (bicyclic) bond motifs is 1. The van der Waals surface area contributed by atoms with Crippen molar-refractivity contribution < 1.29 is 19.4 Å². The molecule has 1 amide bonds. The van der Waals surface area contributed by atoms with Crippen molar-refractivity contribution in [3.8, 4) is 0 Å². The van der Waals surface area contributed by atoms with Crippen LogP contribution < -0.4 is 5.56 Å². The molecule has 10 heteroatoms. The highest BCUT2D eigenvalue weighted by atomic mass is 32.2. The molecule has 1 fully saturated rings.